The van der Waals surface area contributed by atoms with Crippen molar-refractivity contribution in [2.45, 2.75) is 51.2 Å². The van der Waals surface area contributed by atoms with Gasteiger partial charge in [0.25, 0.3) is 0 Å². The lowest BCUT2D eigenvalue weighted by atomic mass is 10.2. The van der Waals surface area contributed by atoms with Crippen LogP contribution in [-0.2, 0) is 11.5 Å². The molecule has 0 bridgehead atoms. The highest BCUT2D eigenvalue weighted by atomic mass is 28.3. The first-order valence-corrected chi connectivity index (χ1v) is 11.5. The molecule has 0 aliphatic heterocycles. The van der Waals surface area contributed by atoms with Gasteiger partial charge in [0.2, 0.25) is 0 Å². The molecule has 1 aliphatic carbocycles. The Bertz CT molecular complexity index is 695. The minimum atomic E-state index is -1.10. The maximum atomic E-state index is 11.2. The van der Waals surface area contributed by atoms with Crippen LogP contribution in [0.2, 0.25) is 25.7 Å². The maximum Gasteiger partial charge on any atom is 0.352 e. The lowest BCUT2D eigenvalue weighted by Crippen LogP contribution is -2.22. The largest absolute Gasteiger partial charge is 0.477 e. The highest BCUT2D eigenvalue weighted by molar-refractivity contribution is 6.76. The second-order valence-electron chi connectivity index (χ2n) is 7.26. The van der Waals surface area contributed by atoms with Gasteiger partial charge in [0.15, 0.2) is 0 Å². The minimum Gasteiger partial charge on any atom is -0.477 e. The summed E-state index contributed by atoms with van der Waals surface area (Å²) >= 11 is 0. The van der Waals surface area contributed by atoms with E-state index in [1.54, 1.807) is 10.7 Å². The summed E-state index contributed by atoms with van der Waals surface area (Å²) in [5.41, 5.74) is 2.88. The van der Waals surface area contributed by atoms with Crippen LogP contribution in [0.3, 0.4) is 0 Å². The summed E-state index contributed by atoms with van der Waals surface area (Å²) in [6, 6.07) is 2.76. The molecule has 0 spiro atoms. The molecule has 22 heavy (non-hydrogen) atoms. The Labute approximate surface area is 130 Å². The highest BCUT2D eigenvalue weighted by Gasteiger charge is 2.30. The van der Waals surface area contributed by atoms with E-state index in [0.717, 1.165) is 42.2 Å². The van der Waals surface area contributed by atoms with Crippen molar-refractivity contribution in [2.24, 2.45) is 0 Å². The first kappa shape index (κ1) is 15.3. The van der Waals surface area contributed by atoms with Crippen molar-refractivity contribution in [1.82, 2.24) is 14.8 Å². The average molecular weight is 321 g/mol. The summed E-state index contributed by atoms with van der Waals surface area (Å²) in [5, 5.41) is 13.8. The van der Waals surface area contributed by atoms with Crippen LogP contribution in [0.1, 0.15) is 34.9 Å². The molecule has 0 aromatic carbocycles. The summed E-state index contributed by atoms with van der Waals surface area (Å²) in [7, 11) is -1.10. The molecule has 120 valence electrons. The number of carboxylic acid groups (broad SMARTS) is 1. The van der Waals surface area contributed by atoms with Gasteiger partial charge in [-0.2, -0.15) is 5.10 Å². The van der Waals surface area contributed by atoms with Gasteiger partial charge in [-0.15, -0.1) is 0 Å². The molecule has 3 rings (SSSR count). The monoisotopic (exact) mass is 321 g/mol. The number of hydrogen-bond acceptors (Lipinski definition) is 3. The fourth-order valence-corrected chi connectivity index (χ4v) is 3.22. The number of aromatic carboxylic acids is 1. The number of nitrogens with zero attached hydrogens (tertiary/aromatic N) is 2. The molecule has 6 nitrogen and oxygen atoms in total. The average Bonchev–Trinajstić information content (AvgIpc) is 3.05. The van der Waals surface area contributed by atoms with Crippen molar-refractivity contribution in [3.05, 3.63) is 17.5 Å². The van der Waals surface area contributed by atoms with Gasteiger partial charge < -0.3 is 14.8 Å². The van der Waals surface area contributed by atoms with Gasteiger partial charge in [0.05, 0.1) is 16.7 Å². The quantitative estimate of drug-likeness (QED) is 0.606. The Morgan fingerprint density at radius 1 is 1.50 bits per heavy atom. The van der Waals surface area contributed by atoms with Gasteiger partial charge in [-0.1, -0.05) is 19.6 Å². The zero-order valence-corrected chi connectivity index (χ0v) is 14.3. The number of nitrogens with one attached hydrogen (secondary N) is 1. The molecule has 1 saturated carbocycles. The van der Waals surface area contributed by atoms with E-state index in [0.29, 0.717) is 12.6 Å². The van der Waals surface area contributed by atoms with Gasteiger partial charge in [0, 0.05) is 20.6 Å². The molecule has 1 fully saturated rings. The molecule has 1 aliphatic rings. The number of H-pyrrole nitrogens is 1. The number of aromatic amines is 1. The Balaban J connectivity index is 1.78. The van der Waals surface area contributed by atoms with E-state index in [1.807, 2.05) is 0 Å². The Morgan fingerprint density at radius 3 is 2.82 bits per heavy atom. The Morgan fingerprint density at radius 2 is 2.23 bits per heavy atom. The second-order valence-corrected chi connectivity index (χ2v) is 12.9. The zero-order chi connectivity index (χ0) is 15.9. The predicted octanol–water partition coefficient (Wildman–Crippen LogP) is 3.25. The standard InChI is InChI=1S/C15H23N3O3Si/c1-22(2,3)7-6-21-9-18-12-8-11(15(19)20)16-14(12)13(17-18)10-4-5-10/h8,10,16H,4-7,9H2,1-3H3,(H,19,20). The molecule has 2 N–H and O–H groups in total. The molecule has 0 unspecified atom stereocenters. The number of carboxylic acids is 1. The summed E-state index contributed by atoms with van der Waals surface area (Å²) < 4.78 is 7.55. The van der Waals surface area contributed by atoms with Crippen molar-refractivity contribution in [3.63, 3.8) is 0 Å². The van der Waals surface area contributed by atoms with E-state index in [4.69, 9.17) is 9.84 Å². The van der Waals surface area contributed by atoms with Crippen molar-refractivity contribution < 1.29 is 14.6 Å². The summed E-state index contributed by atoms with van der Waals surface area (Å²) in [5.74, 6) is -0.477. The predicted molar refractivity (Wildman–Crippen MR) is 87.1 cm³/mol. The van der Waals surface area contributed by atoms with E-state index in [2.05, 4.69) is 29.7 Å². The first-order valence-electron chi connectivity index (χ1n) is 7.75. The molecule has 2 aromatic heterocycles. The van der Waals surface area contributed by atoms with Gasteiger partial charge in [0.1, 0.15) is 12.4 Å². The van der Waals surface area contributed by atoms with Gasteiger partial charge in [-0.3, -0.25) is 0 Å². The number of hydrogen-bond donors (Lipinski definition) is 2. The second kappa shape index (κ2) is 5.55. The van der Waals surface area contributed by atoms with Crippen LogP contribution in [0.15, 0.2) is 6.07 Å². The van der Waals surface area contributed by atoms with E-state index in [-0.39, 0.29) is 5.69 Å². The van der Waals surface area contributed by atoms with Crippen molar-refractivity contribution in [1.29, 1.82) is 0 Å². The van der Waals surface area contributed by atoms with Gasteiger partial charge >= 0.3 is 5.97 Å². The first-order chi connectivity index (χ1) is 10.3. The Hall–Kier alpha value is -1.60. The normalized spacial score (nSPS) is 15.6. The number of fused-ring (bicyclic) bond motifs is 1. The van der Waals surface area contributed by atoms with E-state index < -0.39 is 14.0 Å². The maximum absolute atomic E-state index is 11.2. The topological polar surface area (TPSA) is 80.1 Å². The number of rotatable bonds is 7. The molecule has 0 saturated heterocycles. The smallest absolute Gasteiger partial charge is 0.352 e. The third-order valence-corrected chi connectivity index (χ3v) is 5.67. The zero-order valence-electron chi connectivity index (χ0n) is 13.3. The fourth-order valence-electron chi connectivity index (χ4n) is 2.46. The lowest BCUT2D eigenvalue weighted by Gasteiger charge is -2.15. The van der Waals surface area contributed by atoms with Gasteiger partial charge in [-0.25, -0.2) is 9.48 Å². The van der Waals surface area contributed by atoms with E-state index >= 15 is 0 Å². The molecular weight excluding hydrogens is 298 g/mol. The van der Waals surface area contributed by atoms with Crippen LogP contribution in [-0.4, -0.2) is 40.5 Å². The van der Waals surface area contributed by atoms with Crippen LogP contribution in [0.25, 0.3) is 11.0 Å². The molecule has 7 heteroatoms. The van der Waals surface area contributed by atoms with E-state index in [1.165, 1.54) is 0 Å². The van der Waals surface area contributed by atoms with Crippen LogP contribution < -0.4 is 0 Å². The van der Waals surface area contributed by atoms with Crippen molar-refractivity contribution in [2.75, 3.05) is 6.61 Å². The SMILES string of the molecule is C[Si](C)(C)CCOCn1nc(C2CC2)c2[nH]c(C(=O)O)cc21. The number of carbonyl (C=O) groups is 1. The van der Waals surface area contributed by atoms with Crippen LogP contribution in [0.5, 0.6) is 0 Å². The third kappa shape index (κ3) is 3.25. The molecule has 2 aromatic rings. The van der Waals surface area contributed by atoms with Crippen LogP contribution in [0, 0.1) is 0 Å². The van der Waals surface area contributed by atoms with Crippen LogP contribution >= 0.6 is 0 Å². The van der Waals surface area contributed by atoms with E-state index in [9.17, 15) is 4.79 Å². The summed E-state index contributed by atoms with van der Waals surface area (Å²) in [6.45, 7) is 8.06. The lowest BCUT2D eigenvalue weighted by molar-refractivity contribution is 0.0691. The highest BCUT2D eigenvalue weighted by Crippen LogP contribution is 2.42. The Kier molecular flexibility index (Phi) is 3.86. The molecule has 0 atom stereocenters. The van der Waals surface area contributed by atoms with Crippen molar-refractivity contribution >= 4 is 25.1 Å². The molecule has 0 radical (unpaired) electrons. The third-order valence-electron chi connectivity index (χ3n) is 3.96. The number of ether oxygens (including phenoxy) is 1. The molecule has 0 amide bonds. The van der Waals surface area contributed by atoms with Crippen LogP contribution in [0.4, 0.5) is 0 Å². The molecule has 2 heterocycles. The summed E-state index contributed by atoms with van der Waals surface area (Å²) in [4.78, 5) is 14.1. The molecular formula is C15H23N3O3Si. The fraction of sp³-hybridized carbons (Fsp3) is 0.600. The minimum absolute atomic E-state index is 0.213. The van der Waals surface area contributed by atoms with Crippen molar-refractivity contribution in [3.8, 4) is 0 Å². The summed E-state index contributed by atoms with van der Waals surface area (Å²) in [6.07, 6.45) is 2.26. The number of aromatic nitrogens is 3. The van der Waals surface area contributed by atoms with Gasteiger partial charge in [-0.05, 0) is 25.0 Å².